The van der Waals surface area contributed by atoms with Crippen LogP contribution in [0.3, 0.4) is 0 Å². The third-order valence-electron chi connectivity index (χ3n) is 3.95. The van der Waals surface area contributed by atoms with E-state index in [0.717, 1.165) is 19.5 Å². The molecule has 1 heterocycles. The highest BCUT2D eigenvalue weighted by Gasteiger charge is 2.18. The summed E-state index contributed by atoms with van der Waals surface area (Å²) in [6.45, 7) is 6.25. The molecular weight excluding hydrogens is 294 g/mol. The maximum Gasteiger partial charge on any atom is 0.238 e. The summed E-state index contributed by atoms with van der Waals surface area (Å²) in [6, 6.07) is 6.93. The monoisotopic (exact) mass is 317 g/mol. The molecule has 1 aliphatic heterocycles. The summed E-state index contributed by atoms with van der Waals surface area (Å²) in [5.41, 5.74) is 1.21. The van der Waals surface area contributed by atoms with Gasteiger partial charge in [-0.15, -0.1) is 0 Å². The number of nitrogens with one attached hydrogen (secondary N) is 1. The van der Waals surface area contributed by atoms with Gasteiger partial charge in [0.2, 0.25) is 11.8 Å². The molecule has 0 bridgehead atoms. The Morgan fingerprint density at radius 3 is 2.57 bits per heavy atom. The molecule has 23 heavy (non-hydrogen) atoms. The molecule has 0 atom stereocenters. The van der Waals surface area contributed by atoms with Crippen molar-refractivity contribution in [2.24, 2.45) is 0 Å². The number of carbonyl (C=O) groups is 3. The van der Waals surface area contributed by atoms with Gasteiger partial charge in [-0.05, 0) is 25.5 Å². The molecule has 6 nitrogen and oxygen atoms in total. The minimum atomic E-state index is -0.109. The van der Waals surface area contributed by atoms with E-state index in [1.807, 2.05) is 9.80 Å². The molecule has 1 fully saturated rings. The number of ketones is 1. The Bertz CT molecular complexity index is 601. The lowest BCUT2D eigenvalue weighted by atomic mass is 10.1. The lowest BCUT2D eigenvalue weighted by Gasteiger charge is -2.20. The van der Waals surface area contributed by atoms with Crippen molar-refractivity contribution in [1.82, 2.24) is 9.80 Å². The fraction of sp³-hybridized carbons (Fsp3) is 0.471. The van der Waals surface area contributed by atoms with Crippen molar-refractivity contribution in [3.8, 4) is 0 Å². The summed E-state index contributed by atoms with van der Waals surface area (Å²) in [5, 5.41) is 2.83. The van der Waals surface area contributed by atoms with Gasteiger partial charge in [0.25, 0.3) is 0 Å². The molecule has 1 saturated heterocycles. The van der Waals surface area contributed by atoms with Gasteiger partial charge in [-0.3, -0.25) is 19.3 Å². The van der Waals surface area contributed by atoms with Gasteiger partial charge in [0, 0.05) is 44.4 Å². The molecule has 1 aromatic rings. The maximum absolute atomic E-state index is 12.2. The van der Waals surface area contributed by atoms with E-state index in [-0.39, 0.29) is 24.1 Å². The summed E-state index contributed by atoms with van der Waals surface area (Å²) in [5.74, 6) is -0.0581. The molecule has 1 N–H and O–H groups in total. The van der Waals surface area contributed by atoms with Crippen LogP contribution in [0.25, 0.3) is 0 Å². The molecule has 2 rings (SSSR count). The highest BCUT2D eigenvalue weighted by Crippen LogP contribution is 2.11. The first-order chi connectivity index (χ1) is 11.0. The van der Waals surface area contributed by atoms with Crippen LogP contribution < -0.4 is 5.32 Å². The molecule has 0 aromatic heterocycles. The Balaban J connectivity index is 1.88. The molecular formula is C17H23N3O3. The van der Waals surface area contributed by atoms with Gasteiger partial charge in [0.1, 0.15) is 0 Å². The Labute approximate surface area is 136 Å². The fourth-order valence-corrected chi connectivity index (χ4v) is 2.66. The van der Waals surface area contributed by atoms with Gasteiger partial charge in [-0.2, -0.15) is 0 Å². The Morgan fingerprint density at radius 1 is 1.09 bits per heavy atom. The van der Waals surface area contributed by atoms with E-state index >= 15 is 0 Å². The highest BCUT2D eigenvalue weighted by molar-refractivity contribution is 5.97. The maximum atomic E-state index is 12.2. The Morgan fingerprint density at radius 2 is 1.87 bits per heavy atom. The predicted octanol–water partition coefficient (Wildman–Crippen LogP) is 1.38. The van der Waals surface area contributed by atoms with Crippen molar-refractivity contribution in [3.63, 3.8) is 0 Å². The van der Waals surface area contributed by atoms with E-state index in [0.29, 0.717) is 24.3 Å². The lowest BCUT2D eigenvalue weighted by Crippen LogP contribution is -2.37. The molecule has 0 radical (unpaired) electrons. The van der Waals surface area contributed by atoms with Gasteiger partial charge in [-0.1, -0.05) is 12.1 Å². The largest absolute Gasteiger partial charge is 0.342 e. The minimum Gasteiger partial charge on any atom is -0.342 e. The van der Waals surface area contributed by atoms with Gasteiger partial charge >= 0.3 is 0 Å². The standard InChI is InChI=1S/C17H23N3O3/c1-13(21)15-5-3-6-16(11-15)18-17(23)12-19-7-4-8-20(10-9-19)14(2)22/h3,5-6,11H,4,7-10,12H2,1-2H3,(H,18,23). The van der Waals surface area contributed by atoms with Crippen molar-refractivity contribution in [2.75, 3.05) is 38.0 Å². The fourth-order valence-electron chi connectivity index (χ4n) is 2.66. The van der Waals surface area contributed by atoms with Crippen molar-refractivity contribution in [3.05, 3.63) is 29.8 Å². The number of anilines is 1. The van der Waals surface area contributed by atoms with E-state index in [1.165, 1.54) is 6.92 Å². The quantitative estimate of drug-likeness (QED) is 0.852. The molecule has 124 valence electrons. The molecule has 0 unspecified atom stereocenters. The molecule has 0 spiro atoms. The van der Waals surface area contributed by atoms with Crippen molar-refractivity contribution >= 4 is 23.3 Å². The van der Waals surface area contributed by atoms with E-state index < -0.39 is 0 Å². The Hall–Kier alpha value is -2.21. The third kappa shape index (κ3) is 5.17. The van der Waals surface area contributed by atoms with Crippen LogP contribution in [0.4, 0.5) is 5.69 Å². The first-order valence-electron chi connectivity index (χ1n) is 7.84. The van der Waals surface area contributed by atoms with Crippen LogP contribution >= 0.6 is 0 Å². The van der Waals surface area contributed by atoms with Gasteiger partial charge in [0.15, 0.2) is 5.78 Å². The molecule has 0 aliphatic carbocycles. The van der Waals surface area contributed by atoms with Crippen LogP contribution in [-0.2, 0) is 9.59 Å². The molecule has 6 heteroatoms. The first kappa shape index (κ1) is 17.1. The first-order valence-corrected chi connectivity index (χ1v) is 7.84. The van der Waals surface area contributed by atoms with E-state index in [2.05, 4.69) is 5.32 Å². The number of nitrogens with zero attached hydrogens (tertiary/aromatic N) is 2. The van der Waals surface area contributed by atoms with Crippen LogP contribution in [0, 0.1) is 0 Å². The van der Waals surface area contributed by atoms with Crippen molar-refractivity contribution in [2.45, 2.75) is 20.3 Å². The topological polar surface area (TPSA) is 69.7 Å². The van der Waals surface area contributed by atoms with Gasteiger partial charge in [-0.25, -0.2) is 0 Å². The van der Waals surface area contributed by atoms with Crippen molar-refractivity contribution < 1.29 is 14.4 Å². The molecule has 1 aliphatic rings. The Kier molecular flexibility index (Phi) is 5.87. The SMILES string of the molecule is CC(=O)c1cccc(NC(=O)CN2CCCN(C(C)=O)CC2)c1. The molecule has 2 amide bonds. The normalized spacial score (nSPS) is 15.8. The molecule has 0 saturated carbocycles. The van der Waals surface area contributed by atoms with Crippen LogP contribution in [0.15, 0.2) is 24.3 Å². The summed E-state index contributed by atoms with van der Waals surface area (Å²) in [6.07, 6.45) is 0.868. The summed E-state index contributed by atoms with van der Waals surface area (Å²) in [7, 11) is 0. The minimum absolute atomic E-state index is 0.0297. The van der Waals surface area contributed by atoms with Gasteiger partial charge < -0.3 is 10.2 Å². The second-order valence-electron chi connectivity index (χ2n) is 5.82. The van der Waals surface area contributed by atoms with E-state index in [9.17, 15) is 14.4 Å². The highest BCUT2D eigenvalue weighted by atomic mass is 16.2. The predicted molar refractivity (Wildman–Crippen MR) is 88.4 cm³/mol. The number of hydrogen-bond donors (Lipinski definition) is 1. The van der Waals surface area contributed by atoms with Crippen LogP contribution in [0.1, 0.15) is 30.6 Å². The summed E-state index contributed by atoms with van der Waals surface area (Å²) >= 11 is 0. The zero-order valence-corrected chi connectivity index (χ0v) is 13.7. The number of carbonyl (C=O) groups excluding carboxylic acids is 3. The average Bonchev–Trinajstić information content (AvgIpc) is 2.73. The van der Waals surface area contributed by atoms with Gasteiger partial charge in [0.05, 0.1) is 6.54 Å². The zero-order chi connectivity index (χ0) is 16.8. The van der Waals surface area contributed by atoms with Crippen LogP contribution in [-0.4, -0.2) is 60.1 Å². The van der Waals surface area contributed by atoms with Crippen molar-refractivity contribution in [1.29, 1.82) is 0 Å². The van der Waals surface area contributed by atoms with Crippen LogP contribution in [0.5, 0.6) is 0 Å². The van der Waals surface area contributed by atoms with E-state index in [4.69, 9.17) is 0 Å². The van der Waals surface area contributed by atoms with E-state index in [1.54, 1.807) is 31.2 Å². The second kappa shape index (κ2) is 7.87. The smallest absolute Gasteiger partial charge is 0.238 e. The number of hydrogen-bond acceptors (Lipinski definition) is 4. The lowest BCUT2D eigenvalue weighted by molar-refractivity contribution is -0.128. The molecule has 1 aromatic carbocycles. The summed E-state index contributed by atoms with van der Waals surface area (Å²) < 4.78 is 0. The number of Topliss-reactive ketones (excluding diaryl/α,β-unsaturated/α-hetero) is 1. The second-order valence-corrected chi connectivity index (χ2v) is 5.82. The van der Waals surface area contributed by atoms with Crippen LogP contribution in [0.2, 0.25) is 0 Å². The average molecular weight is 317 g/mol. The number of rotatable bonds is 4. The summed E-state index contributed by atoms with van der Waals surface area (Å²) in [4.78, 5) is 38.8. The number of benzene rings is 1. The number of amides is 2. The third-order valence-corrected chi connectivity index (χ3v) is 3.95. The zero-order valence-electron chi connectivity index (χ0n) is 13.7.